The third-order valence-corrected chi connectivity index (χ3v) is 3.46. The van der Waals surface area contributed by atoms with Gasteiger partial charge in [0.25, 0.3) is 0 Å². The smallest absolute Gasteiger partial charge is 0.133 e. The van der Waals surface area contributed by atoms with E-state index in [2.05, 4.69) is 20.9 Å². The van der Waals surface area contributed by atoms with Gasteiger partial charge in [0.15, 0.2) is 0 Å². The van der Waals surface area contributed by atoms with Gasteiger partial charge in [0.2, 0.25) is 0 Å². The number of nitrogens with zero attached hydrogens (tertiary/aromatic N) is 1. The maximum atomic E-state index is 13.4. The van der Waals surface area contributed by atoms with Gasteiger partial charge in [0.05, 0.1) is 25.4 Å². The van der Waals surface area contributed by atoms with E-state index in [4.69, 9.17) is 23.2 Å². The lowest BCUT2D eigenvalue weighted by Gasteiger charge is -2.04. The number of aromatic nitrogens is 1. The van der Waals surface area contributed by atoms with Crippen LogP contribution in [0.4, 0.5) is 4.39 Å². The predicted molar refractivity (Wildman–Crippen MR) is 59.4 cm³/mol. The van der Waals surface area contributed by atoms with Gasteiger partial charge in [-0.25, -0.2) is 4.39 Å². The maximum Gasteiger partial charge on any atom is 0.133 e. The lowest BCUT2D eigenvalue weighted by atomic mass is 10.2. The van der Waals surface area contributed by atoms with Crippen LogP contribution in [0.15, 0.2) is 22.8 Å². The molecule has 2 aromatic rings. The fourth-order valence-electron chi connectivity index (χ4n) is 1.17. The van der Waals surface area contributed by atoms with Crippen LogP contribution < -0.4 is 0 Å². The van der Waals surface area contributed by atoms with Gasteiger partial charge in [-0.2, -0.15) is 0 Å². The first-order valence-corrected chi connectivity index (χ1v) is 5.24. The number of hydrogen-bond donors (Lipinski definition) is 0. The molecule has 0 atom stereocenters. The molecular weight excluding hydrogens is 292 g/mol. The fourth-order valence-corrected chi connectivity index (χ4v) is 2.00. The highest BCUT2D eigenvalue weighted by molar-refractivity contribution is 9.10. The van der Waals surface area contributed by atoms with Crippen LogP contribution in [0.5, 0.6) is 0 Å². The number of pyridine rings is 1. The topological polar surface area (TPSA) is 12.9 Å². The minimum absolute atomic E-state index is 0.310. The van der Waals surface area contributed by atoms with Crippen LogP contribution in [0.1, 0.15) is 0 Å². The van der Waals surface area contributed by atoms with Gasteiger partial charge in [0, 0.05) is 6.20 Å². The summed E-state index contributed by atoms with van der Waals surface area (Å²) in [5.41, 5.74) is 0.406. The Balaban J connectivity index is 3.01. The molecule has 0 spiro atoms. The Morgan fingerprint density at radius 1 is 1.21 bits per heavy atom. The third-order valence-electron chi connectivity index (χ3n) is 1.81. The van der Waals surface area contributed by atoms with Crippen molar-refractivity contribution < 1.29 is 4.39 Å². The largest absolute Gasteiger partial charge is 0.253 e. The van der Waals surface area contributed by atoms with E-state index in [1.807, 2.05) is 0 Å². The minimum Gasteiger partial charge on any atom is -0.253 e. The van der Waals surface area contributed by atoms with Crippen molar-refractivity contribution in [1.82, 2.24) is 4.98 Å². The molecule has 1 aromatic heterocycles. The summed E-state index contributed by atoms with van der Waals surface area (Å²) < 4.78 is 13.9. The zero-order chi connectivity index (χ0) is 10.3. The number of hydrogen-bond acceptors (Lipinski definition) is 1. The van der Waals surface area contributed by atoms with E-state index in [0.29, 0.717) is 25.4 Å². The molecule has 1 nitrogen and oxygen atoms in total. The first-order valence-electron chi connectivity index (χ1n) is 3.69. The summed E-state index contributed by atoms with van der Waals surface area (Å²) in [6.07, 6.45) is 1.43. The van der Waals surface area contributed by atoms with Crippen molar-refractivity contribution in [3.63, 3.8) is 0 Å². The monoisotopic (exact) mass is 293 g/mol. The molecule has 14 heavy (non-hydrogen) atoms. The van der Waals surface area contributed by atoms with Gasteiger partial charge in [-0.1, -0.05) is 23.2 Å². The number of halogens is 4. The summed E-state index contributed by atoms with van der Waals surface area (Å²) in [5, 5.41) is 1.07. The van der Waals surface area contributed by atoms with Crippen LogP contribution >= 0.6 is 39.1 Å². The second-order valence-corrected chi connectivity index (χ2v) is 4.28. The van der Waals surface area contributed by atoms with Crippen molar-refractivity contribution >= 4 is 50.0 Å². The molecule has 0 amide bonds. The third kappa shape index (κ3) is 1.49. The molecule has 0 saturated heterocycles. The molecule has 0 aliphatic carbocycles. The number of fused-ring (bicyclic) bond motifs is 1. The Kier molecular flexibility index (Phi) is 2.64. The Bertz CT molecular complexity index is 516. The maximum absolute atomic E-state index is 13.4. The summed E-state index contributed by atoms with van der Waals surface area (Å²) in [4.78, 5) is 3.97. The molecule has 0 aliphatic rings. The van der Waals surface area contributed by atoms with Crippen LogP contribution in [0.3, 0.4) is 0 Å². The molecule has 0 bridgehead atoms. The Labute approximate surface area is 98.0 Å². The van der Waals surface area contributed by atoms with Gasteiger partial charge in [-0.15, -0.1) is 0 Å². The molecule has 1 aromatic carbocycles. The van der Waals surface area contributed by atoms with Crippen molar-refractivity contribution in [2.24, 2.45) is 0 Å². The average molecular weight is 295 g/mol. The van der Waals surface area contributed by atoms with E-state index in [1.54, 1.807) is 0 Å². The summed E-state index contributed by atoms with van der Waals surface area (Å²) in [6.45, 7) is 0. The van der Waals surface area contributed by atoms with Crippen LogP contribution in [0.2, 0.25) is 10.0 Å². The molecule has 0 N–H and O–H groups in total. The van der Waals surface area contributed by atoms with E-state index >= 15 is 0 Å². The minimum atomic E-state index is -0.397. The quantitative estimate of drug-likeness (QED) is 0.700. The molecule has 0 aliphatic heterocycles. The Morgan fingerprint density at radius 2 is 1.93 bits per heavy atom. The van der Waals surface area contributed by atoms with Crippen molar-refractivity contribution in [2.45, 2.75) is 0 Å². The van der Waals surface area contributed by atoms with Gasteiger partial charge < -0.3 is 0 Å². The molecule has 0 fully saturated rings. The zero-order valence-corrected chi connectivity index (χ0v) is 9.79. The van der Waals surface area contributed by atoms with Gasteiger partial charge >= 0.3 is 0 Å². The number of rotatable bonds is 0. The summed E-state index contributed by atoms with van der Waals surface area (Å²) in [5.74, 6) is -0.397. The van der Waals surface area contributed by atoms with Crippen LogP contribution in [0, 0.1) is 5.82 Å². The van der Waals surface area contributed by atoms with Crippen LogP contribution in [-0.4, -0.2) is 4.98 Å². The molecule has 5 heteroatoms. The highest BCUT2D eigenvalue weighted by Crippen LogP contribution is 2.34. The summed E-state index contributed by atoms with van der Waals surface area (Å²) in [6, 6.07) is 2.75. The first-order chi connectivity index (χ1) is 6.61. The van der Waals surface area contributed by atoms with E-state index in [-0.39, 0.29) is 0 Å². The van der Waals surface area contributed by atoms with E-state index in [0.717, 1.165) is 0 Å². The second kappa shape index (κ2) is 3.65. The highest BCUT2D eigenvalue weighted by atomic mass is 79.9. The molecular formula is C9H3BrCl2FN. The normalized spacial score (nSPS) is 10.9. The average Bonchev–Trinajstić information content (AvgIpc) is 2.16. The van der Waals surface area contributed by atoms with Crippen molar-refractivity contribution in [1.29, 1.82) is 0 Å². The van der Waals surface area contributed by atoms with E-state index in [1.165, 1.54) is 18.3 Å². The molecule has 0 saturated carbocycles. The molecule has 0 radical (unpaired) electrons. The van der Waals surface area contributed by atoms with Gasteiger partial charge in [0.1, 0.15) is 5.82 Å². The van der Waals surface area contributed by atoms with Crippen molar-refractivity contribution in [3.05, 3.63) is 38.7 Å². The SMILES string of the molecule is Fc1ccc(Cl)c2ncc(Cl)c(Br)c12. The van der Waals surface area contributed by atoms with Crippen LogP contribution in [-0.2, 0) is 0 Å². The van der Waals surface area contributed by atoms with Gasteiger partial charge in [-0.05, 0) is 28.1 Å². The van der Waals surface area contributed by atoms with Crippen molar-refractivity contribution in [2.75, 3.05) is 0 Å². The number of benzene rings is 1. The second-order valence-electron chi connectivity index (χ2n) is 2.67. The predicted octanol–water partition coefficient (Wildman–Crippen LogP) is 4.44. The zero-order valence-electron chi connectivity index (χ0n) is 6.69. The summed E-state index contributed by atoms with van der Waals surface area (Å²) in [7, 11) is 0. The molecule has 2 rings (SSSR count). The standard InChI is InChI=1S/C9H3BrCl2FN/c10-8-5(12)3-14-9-4(11)1-2-6(13)7(8)9/h1-3H. The van der Waals surface area contributed by atoms with Crippen molar-refractivity contribution in [3.8, 4) is 0 Å². The van der Waals surface area contributed by atoms with Crippen LogP contribution in [0.25, 0.3) is 10.9 Å². The Hall–Kier alpha value is -0.380. The van der Waals surface area contributed by atoms with Gasteiger partial charge in [-0.3, -0.25) is 4.98 Å². The Morgan fingerprint density at radius 3 is 2.64 bits per heavy atom. The van der Waals surface area contributed by atoms with E-state index in [9.17, 15) is 4.39 Å². The highest BCUT2D eigenvalue weighted by Gasteiger charge is 2.11. The molecule has 1 heterocycles. The first kappa shape index (κ1) is 10.1. The lowest BCUT2D eigenvalue weighted by Crippen LogP contribution is -1.86. The fraction of sp³-hybridized carbons (Fsp3) is 0. The molecule has 0 unspecified atom stereocenters. The van der Waals surface area contributed by atoms with E-state index < -0.39 is 5.82 Å². The summed E-state index contributed by atoms with van der Waals surface area (Å²) >= 11 is 14.8. The molecule has 72 valence electrons. The lowest BCUT2D eigenvalue weighted by molar-refractivity contribution is 0.639.